The zero-order valence-electron chi connectivity index (χ0n) is 15.3. The molecular weight excluding hydrogens is 330 g/mol. The molecule has 2 rings (SSSR count). The molecule has 1 N–H and O–H groups in total. The first-order chi connectivity index (χ1) is 12.5. The van der Waals surface area contributed by atoms with Crippen molar-refractivity contribution in [1.29, 1.82) is 5.26 Å². The molecule has 0 aromatic heterocycles. The standard InChI is InChI=1S/C20H23N3O3/c1-4-26-18-9-8-16(11-19(18)25-3)13-23(2)14-20(24)22-17-7-5-6-15(10-17)12-21/h5-11H,4,13-14H2,1-3H3,(H,22,24). The summed E-state index contributed by atoms with van der Waals surface area (Å²) in [4.78, 5) is 14.1. The lowest BCUT2D eigenvalue weighted by molar-refractivity contribution is -0.117. The van der Waals surface area contributed by atoms with Gasteiger partial charge in [-0.2, -0.15) is 5.26 Å². The smallest absolute Gasteiger partial charge is 0.238 e. The lowest BCUT2D eigenvalue weighted by atomic mass is 10.2. The number of nitrogens with zero attached hydrogens (tertiary/aromatic N) is 2. The summed E-state index contributed by atoms with van der Waals surface area (Å²) in [6.07, 6.45) is 0. The van der Waals surface area contributed by atoms with Gasteiger partial charge >= 0.3 is 0 Å². The fourth-order valence-electron chi connectivity index (χ4n) is 2.56. The van der Waals surface area contributed by atoms with Crippen LogP contribution in [0.4, 0.5) is 5.69 Å². The van der Waals surface area contributed by atoms with E-state index >= 15 is 0 Å². The second-order valence-electron chi connectivity index (χ2n) is 5.83. The van der Waals surface area contributed by atoms with E-state index in [2.05, 4.69) is 11.4 Å². The molecule has 0 saturated heterocycles. The number of nitriles is 1. The predicted octanol–water partition coefficient (Wildman–Crippen LogP) is 3.04. The second-order valence-corrected chi connectivity index (χ2v) is 5.83. The quantitative estimate of drug-likeness (QED) is 0.789. The lowest BCUT2D eigenvalue weighted by Crippen LogP contribution is -2.29. The molecule has 0 bridgehead atoms. The molecule has 0 saturated carbocycles. The van der Waals surface area contributed by atoms with E-state index in [4.69, 9.17) is 14.7 Å². The topological polar surface area (TPSA) is 74.6 Å². The Morgan fingerprint density at radius 3 is 2.73 bits per heavy atom. The van der Waals surface area contributed by atoms with Gasteiger partial charge in [0.1, 0.15) is 0 Å². The normalized spacial score (nSPS) is 10.3. The molecule has 0 radical (unpaired) electrons. The number of hydrogen-bond acceptors (Lipinski definition) is 5. The molecule has 26 heavy (non-hydrogen) atoms. The second kappa shape index (κ2) is 9.44. The van der Waals surface area contributed by atoms with E-state index in [0.717, 1.165) is 5.56 Å². The number of benzene rings is 2. The van der Waals surface area contributed by atoms with Crippen LogP contribution in [0, 0.1) is 11.3 Å². The van der Waals surface area contributed by atoms with Crippen LogP contribution in [0.3, 0.4) is 0 Å². The number of rotatable bonds is 8. The summed E-state index contributed by atoms with van der Waals surface area (Å²) in [7, 11) is 3.47. The molecule has 0 heterocycles. The van der Waals surface area contributed by atoms with Gasteiger partial charge in [0.05, 0.1) is 31.9 Å². The summed E-state index contributed by atoms with van der Waals surface area (Å²) in [5, 5.41) is 11.7. The predicted molar refractivity (Wildman–Crippen MR) is 100 cm³/mol. The molecule has 0 aliphatic carbocycles. The van der Waals surface area contributed by atoms with Crippen LogP contribution in [0.2, 0.25) is 0 Å². The number of carbonyl (C=O) groups excluding carboxylic acids is 1. The van der Waals surface area contributed by atoms with Crippen molar-refractivity contribution in [3.63, 3.8) is 0 Å². The molecule has 0 fully saturated rings. The van der Waals surface area contributed by atoms with Crippen LogP contribution in [-0.2, 0) is 11.3 Å². The summed E-state index contributed by atoms with van der Waals surface area (Å²) in [6.45, 7) is 3.32. The van der Waals surface area contributed by atoms with Crippen molar-refractivity contribution < 1.29 is 14.3 Å². The van der Waals surface area contributed by atoms with Crippen LogP contribution < -0.4 is 14.8 Å². The summed E-state index contributed by atoms with van der Waals surface area (Å²) >= 11 is 0. The summed E-state index contributed by atoms with van der Waals surface area (Å²) in [6, 6.07) is 14.6. The maximum absolute atomic E-state index is 12.2. The lowest BCUT2D eigenvalue weighted by Gasteiger charge is -2.18. The first-order valence-electron chi connectivity index (χ1n) is 8.34. The number of ether oxygens (including phenoxy) is 2. The Morgan fingerprint density at radius 1 is 1.23 bits per heavy atom. The number of nitrogens with one attached hydrogen (secondary N) is 1. The molecular formula is C20H23N3O3. The highest BCUT2D eigenvalue weighted by Gasteiger charge is 2.10. The minimum Gasteiger partial charge on any atom is -0.493 e. The highest BCUT2D eigenvalue weighted by molar-refractivity contribution is 5.92. The Hall–Kier alpha value is -3.04. The van der Waals surface area contributed by atoms with Gasteiger partial charge in [0.2, 0.25) is 5.91 Å². The van der Waals surface area contributed by atoms with Crippen LogP contribution in [0.5, 0.6) is 11.5 Å². The molecule has 136 valence electrons. The van der Waals surface area contributed by atoms with Gasteiger partial charge in [0, 0.05) is 12.2 Å². The van der Waals surface area contributed by atoms with Gasteiger partial charge in [-0.15, -0.1) is 0 Å². The van der Waals surface area contributed by atoms with Gasteiger partial charge < -0.3 is 14.8 Å². The maximum Gasteiger partial charge on any atom is 0.238 e. The number of likely N-dealkylation sites (N-methyl/N-ethyl adjacent to an activating group) is 1. The van der Waals surface area contributed by atoms with Crippen molar-refractivity contribution in [2.75, 3.05) is 32.6 Å². The van der Waals surface area contributed by atoms with Crippen LogP contribution in [-0.4, -0.2) is 38.1 Å². The summed E-state index contributed by atoms with van der Waals surface area (Å²) in [5.74, 6) is 1.24. The van der Waals surface area contributed by atoms with Gasteiger partial charge in [-0.3, -0.25) is 9.69 Å². The molecule has 6 nitrogen and oxygen atoms in total. The van der Waals surface area contributed by atoms with Crippen molar-refractivity contribution in [2.24, 2.45) is 0 Å². The minimum atomic E-state index is -0.138. The fourth-order valence-corrected chi connectivity index (χ4v) is 2.56. The molecule has 0 aliphatic heterocycles. The van der Waals surface area contributed by atoms with Crippen LogP contribution >= 0.6 is 0 Å². The number of carbonyl (C=O) groups is 1. The van der Waals surface area contributed by atoms with Crippen molar-refractivity contribution in [2.45, 2.75) is 13.5 Å². The monoisotopic (exact) mass is 353 g/mol. The Bertz CT molecular complexity index is 799. The molecule has 1 amide bonds. The van der Waals surface area contributed by atoms with Gasteiger partial charge in [0.15, 0.2) is 11.5 Å². The zero-order chi connectivity index (χ0) is 18.9. The Balaban J connectivity index is 1.94. The SMILES string of the molecule is CCOc1ccc(CN(C)CC(=O)Nc2cccc(C#N)c2)cc1OC. The third-order valence-corrected chi connectivity index (χ3v) is 3.67. The third kappa shape index (κ3) is 5.50. The summed E-state index contributed by atoms with van der Waals surface area (Å²) in [5.41, 5.74) is 2.15. The molecule has 2 aromatic carbocycles. The van der Waals surface area contributed by atoms with Gasteiger partial charge in [-0.05, 0) is 49.9 Å². The van der Waals surface area contributed by atoms with Gasteiger partial charge in [-0.1, -0.05) is 12.1 Å². The summed E-state index contributed by atoms with van der Waals surface area (Å²) < 4.78 is 10.9. The molecule has 0 atom stereocenters. The largest absolute Gasteiger partial charge is 0.493 e. The van der Waals surface area contributed by atoms with E-state index in [-0.39, 0.29) is 12.5 Å². The van der Waals surface area contributed by atoms with Crippen LogP contribution in [0.15, 0.2) is 42.5 Å². The van der Waals surface area contributed by atoms with E-state index in [9.17, 15) is 4.79 Å². The van der Waals surface area contributed by atoms with Gasteiger partial charge in [-0.25, -0.2) is 0 Å². The van der Waals surface area contributed by atoms with Crippen molar-refractivity contribution >= 4 is 11.6 Å². The number of methoxy groups -OCH3 is 1. The molecule has 0 spiro atoms. The van der Waals surface area contributed by atoms with E-state index in [1.165, 1.54) is 0 Å². The first kappa shape index (κ1) is 19.3. The average Bonchev–Trinajstić information content (AvgIpc) is 2.63. The van der Waals surface area contributed by atoms with E-state index < -0.39 is 0 Å². The van der Waals surface area contributed by atoms with Crippen LogP contribution in [0.1, 0.15) is 18.1 Å². The van der Waals surface area contributed by atoms with Crippen LogP contribution in [0.25, 0.3) is 0 Å². The van der Waals surface area contributed by atoms with Crippen molar-refractivity contribution in [3.8, 4) is 17.6 Å². The highest BCUT2D eigenvalue weighted by Crippen LogP contribution is 2.28. The van der Waals surface area contributed by atoms with E-state index in [0.29, 0.717) is 35.9 Å². The minimum absolute atomic E-state index is 0.138. The third-order valence-electron chi connectivity index (χ3n) is 3.67. The van der Waals surface area contributed by atoms with Crippen molar-refractivity contribution in [1.82, 2.24) is 4.90 Å². The first-order valence-corrected chi connectivity index (χ1v) is 8.34. The number of anilines is 1. The maximum atomic E-state index is 12.2. The Kier molecular flexibility index (Phi) is 7.01. The molecule has 0 unspecified atom stereocenters. The zero-order valence-corrected chi connectivity index (χ0v) is 15.3. The highest BCUT2D eigenvalue weighted by atomic mass is 16.5. The molecule has 2 aromatic rings. The van der Waals surface area contributed by atoms with Crippen molar-refractivity contribution in [3.05, 3.63) is 53.6 Å². The average molecular weight is 353 g/mol. The number of amides is 1. The van der Waals surface area contributed by atoms with E-state index in [1.807, 2.05) is 37.1 Å². The molecule has 6 heteroatoms. The number of hydrogen-bond donors (Lipinski definition) is 1. The Labute approximate surface area is 153 Å². The fraction of sp³-hybridized carbons (Fsp3) is 0.300. The van der Waals surface area contributed by atoms with Gasteiger partial charge in [0.25, 0.3) is 0 Å². The molecule has 0 aliphatic rings. The Morgan fingerprint density at radius 2 is 2.04 bits per heavy atom. The van der Waals surface area contributed by atoms with E-state index in [1.54, 1.807) is 31.4 Å².